The van der Waals surface area contributed by atoms with Gasteiger partial charge in [0.15, 0.2) is 0 Å². The summed E-state index contributed by atoms with van der Waals surface area (Å²) in [7, 11) is 1.41. The first-order chi connectivity index (χ1) is 20.0. The van der Waals surface area contributed by atoms with E-state index in [4.69, 9.17) is 9.47 Å². The van der Waals surface area contributed by atoms with Crippen LogP contribution in [0.15, 0.2) is 24.3 Å². The molecule has 3 N–H and O–H groups in total. The number of hydrogen-bond donors (Lipinski definition) is 3. The third-order valence-corrected chi connectivity index (χ3v) is 9.53. The van der Waals surface area contributed by atoms with E-state index in [1.807, 2.05) is 12.1 Å². The highest BCUT2D eigenvalue weighted by Crippen LogP contribution is 2.45. The topological polar surface area (TPSA) is 114 Å². The first kappa shape index (κ1) is 31.5. The standard InChI is InChI=1S/C33H50N2O6/c1-40-30(37)16-9-15-24-13-5-6-14-25(24)17-18-26-28-19-20-29(41-28)31(26)33(39)35-27(22-36)32(38)34-21-8-7-12-23-10-3-2-4-11-23/h5-6,13-14,23,26-29,31,36H,2-4,7-12,15-22H2,1H3,(H,34,38)(H,35,39)/t26-,27-,28-,29+,31-/m0/s1. The molecule has 5 atom stereocenters. The van der Waals surface area contributed by atoms with E-state index >= 15 is 0 Å². The van der Waals surface area contributed by atoms with E-state index in [-0.39, 0.29) is 41.8 Å². The number of fused-ring (bicyclic) bond motifs is 2. The Hall–Kier alpha value is -2.45. The fourth-order valence-electron chi connectivity index (χ4n) is 7.23. The van der Waals surface area contributed by atoms with Crippen molar-refractivity contribution < 1.29 is 29.0 Å². The lowest BCUT2D eigenvalue weighted by Crippen LogP contribution is -2.52. The summed E-state index contributed by atoms with van der Waals surface area (Å²) in [6.07, 6.45) is 15.2. The second-order valence-corrected chi connectivity index (χ2v) is 12.3. The number of benzene rings is 1. The minimum absolute atomic E-state index is 0.0489. The quantitative estimate of drug-likeness (QED) is 0.202. The Morgan fingerprint density at radius 3 is 2.41 bits per heavy atom. The van der Waals surface area contributed by atoms with Crippen molar-refractivity contribution >= 4 is 17.8 Å². The lowest BCUT2D eigenvalue weighted by Gasteiger charge is -2.29. The molecule has 0 spiro atoms. The number of methoxy groups -OCH3 is 1. The highest BCUT2D eigenvalue weighted by Gasteiger charge is 2.52. The highest BCUT2D eigenvalue weighted by molar-refractivity contribution is 5.89. The number of carbonyl (C=O) groups is 3. The number of unbranched alkanes of at least 4 members (excludes halogenated alkanes) is 1. The smallest absolute Gasteiger partial charge is 0.305 e. The van der Waals surface area contributed by atoms with Crippen LogP contribution < -0.4 is 10.6 Å². The van der Waals surface area contributed by atoms with E-state index in [0.717, 1.165) is 57.3 Å². The largest absolute Gasteiger partial charge is 0.469 e. The zero-order valence-corrected chi connectivity index (χ0v) is 24.8. The van der Waals surface area contributed by atoms with Crippen LogP contribution in [-0.4, -0.2) is 61.4 Å². The van der Waals surface area contributed by atoms with Gasteiger partial charge in [-0.1, -0.05) is 69.2 Å². The predicted octanol–water partition coefficient (Wildman–Crippen LogP) is 4.25. The molecule has 0 radical (unpaired) electrons. The van der Waals surface area contributed by atoms with Crippen molar-refractivity contribution in [1.29, 1.82) is 0 Å². The van der Waals surface area contributed by atoms with E-state index in [1.54, 1.807) is 0 Å². The number of aliphatic hydroxyl groups is 1. The van der Waals surface area contributed by atoms with Gasteiger partial charge in [0.1, 0.15) is 6.04 Å². The van der Waals surface area contributed by atoms with Gasteiger partial charge in [0.05, 0.1) is 31.8 Å². The zero-order valence-electron chi connectivity index (χ0n) is 24.8. The van der Waals surface area contributed by atoms with Crippen LogP contribution in [0.5, 0.6) is 0 Å². The molecule has 2 aliphatic heterocycles. The predicted molar refractivity (Wildman–Crippen MR) is 157 cm³/mol. The second kappa shape index (κ2) is 16.3. The summed E-state index contributed by atoms with van der Waals surface area (Å²) in [5.74, 6) is -0.127. The molecular formula is C33H50N2O6. The van der Waals surface area contributed by atoms with Gasteiger partial charge in [-0.2, -0.15) is 0 Å². The van der Waals surface area contributed by atoms with Gasteiger partial charge in [-0.25, -0.2) is 0 Å². The van der Waals surface area contributed by atoms with Crippen LogP contribution in [0.1, 0.15) is 94.6 Å². The molecule has 2 saturated heterocycles. The minimum Gasteiger partial charge on any atom is -0.469 e. The highest BCUT2D eigenvalue weighted by atomic mass is 16.5. The van der Waals surface area contributed by atoms with E-state index < -0.39 is 12.6 Å². The van der Waals surface area contributed by atoms with Crippen LogP contribution >= 0.6 is 0 Å². The van der Waals surface area contributed by atoms with Crippen LogP contribution in [-0.2, 0) is 36.7 Å². The molecule has 2 bridgehead atoms. The Balaban J connectivity index is 1.25. The van der Waals surface area contributed by atoms with E-state index in [2.05, 4.69) is 22.8 Å². The fraction of sp³-hybridized carbons (Fsp3) is 0.727. The summed E-state index contributed by atoms with van der Waals surface area (Å²) in [6.45, 7) is 0.141. The Morgan fingerprint density at radius 2 is 1.68 bits per heavy atom. The molecule has 1 aromatic carbocycles. The number of hydrogen-bond acceptors (Lipinski definition) is 6. The first-order valence-electron chi connectivity index (χ1n) is 16.0. The van der Waals surface area contributed by atoms with Gasteiger partial charge in [-0.3, -0.25) is 14.4 Å². The summed E-state index contributed by atoms with van der Waals surface area (Å²) >= 11 is 0. The Bertz CT molecular complexity index is 994. The molecule has 0 aromatic heterocycles. The van der Waals surface area contributed by atoms with Gasteiger partial charge in [0.25, 0.3) is 0 Å². The van der Waals surface area contributed by atoms with Crippen molar-refractivity contribution in [2.45, 2.75) is 115 Å². The van der Waals surface area contributed by atoms with E-state index in [1.165, 1.54) is 56.8 Å². The Labute approximate surface area is 245 Å². The van der Waals surface area contributed by atoms with Crippen LogP contribution in [0.4, 0.5) is 0 Å². The van der Waals surface area contributed by atoms with Crippen LogP contribution in [0, 0.1) is 17.8 Å². The van der Waals surface area contributed by atoms with Gasteiger partial charge in [0, 0.05) is 13.0 Å². The number of nitrogens with one attached hydrogen (secondary N) is 2. The van der Waals surface area contributed by atoms with E-state index in [9.17, 15) is 19.5 Å². The minimum atomic E-state index is -0.948. The summed E-state index contributed by atoms with van der Waals surface area (Å²) in [5.41, 5.74) is 2.45. The number of carbonyl (C=O) groups excluding carboxylic acids is 3. The van der Waals surface area contributed by atoms with Crippen molar-refractivity contribution in [3.8, 4) is 0 Å². The molecule has 3 aliphatic rings. The molecule has 41 heavy (non-hydrogen) atoms. The van der Waals surface area contributed by atoms with Gasteiger partial charge in [0.2, 0.25) is 11.8 Å². The molecule has 1 aromatic rings. The number of esters is 1. The Kier molecular flexibility index (Phi) is 12.5. The SMILES string of the molecule is COC(=O)CCCc1ccccc1CC[C@@H]1[C@H](C(=O)N[C@@H](CO)C(=O)NCCCCC2CCCCC2)[C@H]2CC[C@@H]1O2. The summed E-state index contributed by atoms with van der Waals surface area (Å²) < 4.78 is 10.9. The second-order valence-electron chi connectivity index (χ2n) is 12.3. The molecule has 8 heteroatoms. The number of rotatable bonds is 16. The lowest BCUT2D eigenvalue weighted by atomic mass is 9.75. The van der Waals surface area contributed by atoms with Crippen molar-refractivity contribution in [2.24, 2.45) is 17.8 Å². The van der Waals surface area contributed by atoms with Crippen LogP contribution in [0.25, 0.3) is 0 Å². The number of ether oxygens (including phenoxy) is 2. The van der Waals surface area contributed by atoms with Gasteiger partial charge in [-0.05, 0) is 67.9 Å². The molecule has 4 rings (SSSR count). The molecule has 3 fully saturated rings. The maximum absolute atomic E-state index is 13.5. The summed E-state index contributed by atoms with van der Waals surface area (Å²) in [5, 5.41) is 15.7. The molecule has 0 unspecified atom stereocenters. The number of aryl methyl sites for hydroxylation is 2. The number of aliphatic hydroxyl groups excluding tert-OH is 1. The zero-order chi connectivity index (χ0) is 29.0. The van der Waals surface area contributed by atoms with Crippen molar-refractivity contribution in [3.63, 3.8) is 0 Å². The Morgan fingerprint density at radius 1 is 0.951 bits per heavy atom. The molecular weight excluding hydrogens is 520 g/mol. The molecule has 228 valence electrons. The van der Waals surface area contributed by atoms with Crippen LogP contribution in [0.2, 0.25) is 0 Å². The molecule has 1 aliphatic carbocycles. The summed E-state index contributed by atoms with van der Waals surface area (Å²) in [4.78, 5) is 37.8. The maximum atomic E-state index is 13.5. The normalized spacial score (nSPS) is 24.6. The van der Waals surface area contributed by atoms with Crippen molar-refractivity contribution in [2.75, 3.05) is 20.3 Å². The molecule has 8 nitrogen and oxygen atoms in total. The third kappa shape index (κ3) is 9.02. The molecule has 2 heterocycles. The number of amides is 2. The molecule has 1 saturated carbocycles. The monoisotopic (exact) mass is 570 g/mol. The molecule has 2 amide bonds. The lowest BCUT2D eigenvalue weighted by molar-refractivity contribution is -0.140. The fourth-order valence-corrected chi connectivity index (χ4v) is 7.23. The average molecular weight is 571 g/mol. The van der Waals surface area contributed by atoms with E-state index in [0.29, 0.717) is 13.0 Å². The van der Waals surface area contributed by atoms with Gasteiger partial charge >= 0.3 is 5.97 Å². The first-order valence-corrected chi connectivity index (χ1v) is 16.0. The summed E-state index contributed by atoms with van der Waals surface area (Å²) in [6, 6.07) is 7.33. The van der Waals surface area contributed by atoms with Crippen molar-refractivity contribution in [3.05, 3.63) is 35.4 Å². The van der Waals surface area contributed by atoms with Gasteiger partial charge < -0.3 is 25.2 Å². The van der Waals surface area contributed by atoms with Crippen molar-refractivity contribution in [1.82, 2.24) is 10.6 Å². The maximum Gasteiger partial charge on any atom is 0.305 e. The average Bonchev–Trinajstić information content (AvgIpc) is 3.61. The van der Waals surface area contributed by atoms with Gasteiger partial charge in [-0.15, -0.1) is 0 Å². The van der Waals surface area contributed by atoms with Crippen LogP contribution in [0.3, 0.4) is 0 Å². The third-order valence-electron chi connectivity index (χ3n) is 9.53.